The zero-order chi connectivity index (χ0) is 24.1. The number of aryl methyl sites for hydroxylation is 1. The molecule has 4 aromatic rings. The SMILES string of the molecule is Cc1cncc(Nc2nc(N[C@H](c3ccccc3)[C@H](N)c3ccccc3)c(F)cc2C(N)=O)c1. The van der Waals surface area contributed by atoms with Gasteiger partial charge in [0, 0.05) is 6.20 Å². The van der Waals surface area contributed by atoms with Crippen molar-refractivity contribution in [3.8, 4) is 0 Å². The molecule has 8 heteroatoms. The van der Waals surface area contributed by atoms with E-state index in [1.807, 2.05) is 73.7 Å². The van der Waals surface area contributed by atoms with E-state index in [2.05, 4.69) is 20.6 Å². The van der Waals surface area contributed by atoms with Gasteiger partial charge >= 0.3 is 0 Å². The number of hydrogen-bond acceptors (Lipinski definition) is 6. The van der Waals surface area contributed by atoms with Gasteiger partial charge in [-0.05, 0) is 35.7 Å². The zero-order valence-electron chi connectivity index (χ0n) is 18.6. The smallest absolute Gasteiger partial charge is 0.252 e. The first-order valence-electron chi connectivity index (χ1n) is 10.7. The Morgan fingerprint density at radius 3 is 2.21 bits per heavy atom. The highest BCUT2D eigenvalue weighted by Crippen LogP contribution is 2.32. The number of nitrogens with zero attached hydrogens (tertiary/aromatic N) is 2. The fourth-order valence-electron chi connectivity index (χ4n) is 3.69. The highest BCUT2D eigenvalue weighted by molar-refractivity contribution is 5.98. The summed E-state index contributed by atoms with van der Waals surface area (Å²) in [6.07, 6.45) is 3.27. The van der Waals surface area contributed by atoms with Crippen LogP contribution in [0.1, 0.15) is 39.1 Å². The maximum absolute atomic E-state index is 15.1. The molecule has 0 saturated carbocycles. The van der Waals surface area contributed by atoms with Crippen LogP contribution in [0.15, 0.2) is 85.2 Å². The number of anilines is 3. The van der Waals surface area contributed by atoms with Gasteiger partial charge in [-0.3, -0.25) is 9.78 Å². The third kappa shape index (κ3) is 5.19. The molecule has 2 aromatic carbocycles. The fourth-order valence-corrected chi connectivity index (χ4v) is 3.69. The molecule has 172 valence electrons. The number of rotatable bonds is 8. The van der Waals surface area contributed by atoms with Crippen molar-refractivity contribution in [2.24, 2.45) is 11.5 Å². The number of aromatic nitrogens is 2. The molecule has 2 heterocycles. The summed E-state index contributed by atoms with van der Waals surface area (Å²) < 4.78 is 15.1. The molecular formula is C26H25FN6O. The van der Waals surface area contributed by atoms with Crippen molar-refractivity contribution >= 4 is 23.2 Å². The van der Waals surface area contributed by atoms with Gasteiger partial charge in [-0.2, -0.15) is 0 Å². The van der Waals surface area contributed by atoms with Gasteiger partial charge in [-0.15, -0.1) is 0 Å². The van der Waals surface area contributed by atoms with Gasteiger partial charge in [-0.1, -0.05) is 60.7 Å². The molecule has 0 aliphatic heterocycles. The average molecular weight is 457 g/mol. The lowest BCUT2D eigenvalue weighted by molar-refractivity contribution is 0.100. The number of carbonyl (C=O) groups is 1. The molecule has 0 bridgehead atoms. The number of primary amides is 1. The van der Waals surface area contributed by atoms with Crippen LogP contribution in [-0.2, 0) is 0 Å². The van der Waals surface area contributed by atoms with E-state index < -0.39 is 23.8 Å². The van der Waals surface area contributed by atoms with Crippen LogP contribution < -0.4 is 22.1 Å². The molecule has 0 unspecified atom stereocenters. The zero-order valence-corrected chi connectivity index (χ0v) is 18.6. The van der Waals surface area contributed by atoms with Gasteiger partial charge in [0.25, 0.3) is 5.91 Å². The van der Waals surface area contributed by atoms with Gasteiger partial charge in [0.2, 0.25) is 0 Å². The number of amides is 1. The first-order chi connectivity index (χ1) is 16.4. The largest absolute Gasteiger partial charge is 0.365 e. The van der Waals surface area contributed by atoms with Crippen LogP contribution in [0.25, 0.3) is 0 Å². The van der Waals surface area contributed by atoms with E-state index in [-0.39, 0.29) is 17.2 Å². The number of carbonyl (C=O) groups excluding carboxylic acids is 1. The lowest BCUT2D eigenvalue weighted by Gasteiger charge is -2.27. The maximum atomic E-state index is 15.1. The monoisotopic (exact) mass is 456 g/mol. The third-order valence-electron chi connectivity index (χ3n) is 5.37. The Bertz CT molecular complexity index is 1280. The molecule has 0 radical (unpaired) electrons. The van der Waals surface area contributed by atoms with Crippen LogP contribution in [0.5, 0.6) is 0 Å². The highest BCUT2D eigenvalue weighted by atomic mass is 19.1. The second-order valence-corrected chi connectivity index (χ2v) is 7.92. The van der Waals surface area contributed by atoms with Crippen LogP contribution in [0.2, 0.25) is 0 Å². The van der Waals surface area contributed by atoms with E-state index in [9.17, 15) is 4.79 Å². The highest BCUT2D eigenvalue weighted by Gasteiger charge is 2.24. The molecule has 0 spiro atoms. The van der Waals surface area contributed by atoms with Crippen LogP contribution >= 0.6 is 0 Å². The van der Waals surface area contributed by atoms with Gasteiger partial charge in [0.1, 0.15) is 5.82 Å². The number of hydrogen-bond donors (Lipinski definition) is 4. The minimum atomic E-state index is -0.804. The summed E-state index contributed by atoms with van der Waals surface area (Å²) in [5.41, 5.74) is 15.3. The summed E-state index contributed by atoms with van der Waals surface area (Å²) in [6.45, 7) is 1.88. The molecule has 0 fully saturated rings. The van der Waals surface area contributed by atoms with Crippen molar-refractivity contribution in [2.45, 2.75) is 19.0 Å². The molecular weight excluding hydrogens is 431 g/mol. The van der Waals surface area contributed by atoms with Gasteiger partial charge < -0.3 is 22.1 Å². The molecule has 6 N–H and O–H groups in total. The molecule has 1 amide bonds. The van der Waals surface area contributed by atoms with Gasteiger partial charge in [-0.25, -0.2) is 9.37 Å². The van der Waals surface area contributed by atoms with Gasteiger partial charge in [0.15, 0.2) is 11.6 Å². The molecule has 2 aromatic heterocycles. The first kappa shape index (κ1) is 22.9. The van der Waals surface area contributed by atoms with Gasteiger partial charge in [0.05, 0.1) is 29.5 Å². The number of halogens is 1. The third-order valence-corrected chi connectivity index (χ3v) is 5.37. The first-order valence-corrected chi connectivity index (χ1v) is 10.7. The van der Waals surface area contributed by atoms with Crippen molar-refractivity contribution in [3.05, 3.63) is 113 Å². The molecule has 2 atom stereocenters. The summed E-state index contributed by atoms with van der Waals surface area (Å²) in [4.78, 5) is 20.5. The Kier molecular flexibility index (Phi) is 6.79. The summed E-state index contributed by atoms with van der Waals surface area (Å²) in [7, 11) is 0. The number of nitrogens with two attached hydrogens (primary N) is 2. The Labute approximate surface area is 197 Å². The average Bonchev–Trinajstić information content (AvgIpc) is 2.84. The Morgan fingerprint density at radius 2 is 1.59 bits per heavy atom. The summed E-state index contributed by atoms with van der Waals surface area (Å²) >= 11 is 0. The lowest BCUT2D eigenvalue weighted by Crippen LogP contribution is -2.27. The van der Waals surface area contributed by atoms with E-state index in [4.69, 9.17) is 11.5 Å². The molecule has 0 saturated heterocycles. The van der Waals surface area contributed by atoms with Crippen LogP contribution in [-0.4, -0.2) is 15.9 Å². The van der Waals surface area contributed by atoms with E-state index in [1.165, 1.54) is 0 Å². The van der Waals surface area contributed by atoms with Crippen molar-refractivity contribution < 1.29 is 9.18 Å². The van der Waals surface area contributed by atoms with Crippen molar-refractivity contribution in [3.63, 3.8) is 0 Å². The number of benzene rings is 2. The van der Waals surface area contributed by atoms with Crippen molar-refractivity contribution in [1.82, 2.24) is 9.97 Å². The van der Waals surface area contributed by atoms with Crippen LogP contribution in [0.4, 0.5) is 21.7 Å². The summed E-state index contributed by atoms with van der Waals surface area (Å²) in [5.74, 6) is -1.47. The second kappa shape index (κ2) is 10.1. The predicted molar refractivity (Wildman–Crippen MR) is 131 cm³/mol. The van der Waals surface area contributed by atoms with E-state index >= 15 is 4.39 Å². The standard InChI is InChI=1S/C26H25FN6O/c1-16-12-19(15-30-14-16)31-25-20(24(29)34)13-21(27)26(33-25)32-23(18-10-6-3-7-11-18)22(28)17-8-4-2-5-9-17/h2-15,22-23H,28H2,1H3,(H2,29,34)(H2,31,32,33)/t22-,23-/m1/s1. The Balaban J connectivity index is 1.74. The summed E-state index contributed by atoms with van der Waals surface area (Å²) in [6, 6.07) is 20.9. The summed E-state index contributed by atoms with van der Waals surface area (Å²) in [5, 5.41) is 6.17. The number of pyridine rings is 2. The minimum absolute atomic E-state index is 0.0617. The Morgan fingerprint density at radius 1 is 0.941 bits per heavy atom. The van der Waals surface area contributed by atoms with Crippen LogP contribution in [0.3, 0.4) is 0 Å². The predicted octanol–water partition coefficient (Wildman–Crippen LogP) is 4.62. The second-order valence-electron chi connectivity index (χ2n) is 7.92. The van der Waals surface area contributed by atoms with Crippen LogP contribution in [0, 0.1) is 12.7 Å². The minimum Gasteiger partial charge on any atom is -0.365 e. The molecule has 0 aliphatic carbocycles. The van der Waals surface area contributed by atoms with E-state index in [0.717, 1.165) is 22.8 Å². The maximum Gasteiger partial charge on any atom is 0.252 e. The lowest BCUT2D eigenvalue weighted by atomic mass is 9.94. The topological polar surface area (TPSA) is 119 Å². The normalized spacial score (nSPS) is 12.6. The Hall–Kier alpha value is -4.30. The molecule has 34 heavy (non-hydrogen) atoms. The molecule has 7 nitrogen and oxygen atoms in total. The van der Waals surface area contributed by atoms with Crippen molar-refractivity contribution in [2.75, 3.05) is 10.6 Å². The van der Waals surface area contributed by atoms with E-state index in [1.54, 1.807) is 12.4 Å². The quantitative estimate of drug-likeness (QED) is 0.307. The van der Waals surface area contributed by atoms with E-state index in [0.29, 0.717) is 5.69 Å². The van der Waals surface area contributed by atoms with Crippen molar-refractivity contribution in [1.29, 1.82) is 0 Å². The molecule has 0 aliphatic rings. The fraction of sp³-hybridized carbons (Fsp3) is 0.115. The number of nitrogens with one attached hydrogen (secondary N) is 2. The molecule has 4 rings (SSSR count).